The maximum absolute atomic E-state index is 10.3. The highest BCUT2D eigenvalue weighted by atomic mass is 35.5. The summed E-state index contributed by atoms with van der Waals surface area (Å²) in [5.41, 5.74) is 0.983. The molecule has 1 aliphatic rings. The third-order valence-corrected chi connectivity index (χ3v) is 4.14. The molecule has 2 rings (SSSR count). The van der Waals surface area contributed by atoms with E-state index < -0.39 is 5.60 Å². The summed E-state index contributed by atoms with van der Waals surface area (Å²) in [6.07, 6.45) is 0.535. The van der Waals surface area contributed by atoms with Crippen molar-refractivity contribution in [2.45, 2.75) is 38.5 Å². The molecule has 2 atom stereocenters. The standard InChI is InChI=1S/C12H20ClN3O2/c1-8-11(13)10(16(3)15-8)6-14-7-12(17)4-5-18-9(12)2/h9,14,17H,4-7H2,1-3H3. The van der Waals surface area contributed by atoms with Crippen LogP contribution >= 0.6 is 11.6 Å². The zero-order chi connectivity index (χ0) is 13.3. The van der Waals surface area contributed by atoms with Crippen molar-refractivity contribution < 1.29 is 9.84 Å². The second kappa shape index (κ2) is 5.17. The molecule has 0 saturated carbocycles. The Morgan fingerprint density at radius 1 is 1.67 bits per heavy atom. The van der Waals surface area contributed by atoms with Crippen molar-refractivity contribution in [2.24, 2.45) is 7.05 Å². The summed E-state index contributed by atoms with van der Waals surface area (Å²) in [4.78, 5) is 0. The van der Waals surface area contributed by atoms with E-state index in [-0.39, 0.29) is 6.10 Å². The Bertz CT molecular complexity index is 435. The van der Waals surface area contributed by atoms with Gasteiger partial charge < -0.3 is 15.2 Å². The van der Waals surface area contributed by atoms with Crippen LogP contribution in [0.3, 0.4) is 0 Å². The molecule has 1 aromatic heterocycles. The Morgan fingerprint density at radius 2 is 2.39 bits per heavy atom. The number of hydrogen-bond donors (Lipinski definition) is 2. The van der Waals surface area contributed by atoms with Gasteiger partial charge in [-0.1, -0.05) is 11.6 Å². The van der Waals surface area contributed by atoms with Gasteiger partial charge in [0.05, 0.1) is 22.5 Å². The number of nitrogens with one attached hydrogen (secondary N) is 1. The van der Waals surface area contributed by atoms with Crippen LogP contribution in [0.25, 0.3) is 0 Å². The van der Waals surface area contributed by atoms with Crippen molar-refractivity contribution in [2.75, 3.05) is 13.2 Å². The Labute approximate surface area is 112 Å². The van der Waals surface area contributed by atoms with Crippen LogP contribution in [0, 0.1) is 6.92 Å². The van der Waals surface area contributed by atoms with Crippen LogP contribution < -0.4 is 5.32 Å². The summed E-state index contributed by atoms with van der Waals surface area (Å²) in [6, 6.07) is 0. The first-order valence-electron chi connectivity index (χ1n) is 6.17. The van der Waals surface area contributed by atoms with Crippen LogP contribution in [-0.2, 0) is 18.3 Å². The van der Waals surface area contributed by atoms with E-state index in [0.29, 0.717) is 31.1 Å². The van der Waals surface area contributed by atoms with Gasteiger partial charge in [0, 0.05) is 33.2 Å². The van der Waals surface area contributed by atoms with Gasteiger partial charge in [-0.15, -0.1) is 0 Å². The molecule has 0 aliphatic carbocycles. The number of aryl methyl sites for hydroxylation is 2. The fourth-order valence-corrected chi connectivity index (χ4v) is 2.50. The van der Waals surface area contributed by atoms with E-state index in [9.17, 15) is 5.11 Å². The number of aromatic nitrogens is 2. The Balaban J connectivity index is 1.92. The van der Waals surface area contributed by atoms with Gasteiger partial charge in [0.1, 0.15) is 5.60 Å². The molecule has 2 N–H and O–H groups in total. The molecule has 2 unspecified atom stereocenters. The van der Waals surface area contributed by atoms with Crippen LogP contribution in [0.15, 0.2) is 0 Å². The SMILES string of the molecule is Cc1nn(C)c(CNCC2(O)CCOC2C)c1Cl. The lowest BCUT2D eigenvalue weighted by molar-refractivity contribution is -0.0263. The Kier molecular flexibility index (Phi) is 3.96. The van der Waals surface area contributed by atoms with Crippen LogP contribution in [0.1, 0.15) is 24.7 Å². The Hall–Kier alpha value is -0.620. The van der Waals surface area contributed by atoms with Crippen molar-refractivity contribution >= 4 is 11.6 Å². The summed E-state index contributed by atoms with van der Waals surface area (Å²) in [6.45, 7) is 5.48. The lowest BCUT2D eigenvalue weighted by Crippen LogP contribution is -2.45. The van der Waals surface area contributed by atoms with Gasteiger partial charge in [-0.2, -0.15) is 5.10 Å². The third kappa shape index (κ3) is 2.54. The molecule has 1 aliphatic heterocycles. The number of halogens is 1. The summed E-state index contributed by atoms with van der Waals surface area (Å²) >= 11 is 6.16. The van der Waals surface area contributed by atoms with Gasteiger partial charge in [-0.3, -0.25) is 4.68 Å². The van der Waals surface area contributed by atoms with Crippen LogP contribution in [-0.4, -0.2) is 39.7 Å². The average Bonchev–Trinajstić information content (AvgIpc) is 2.75. The van der Waals surface area contributed by atoms with Gasteiger partial charge >= 0.3 is 0 Å². The zero-order valence-corrected chi connectivity index (χ0v) is 11.8. The molecular weight excluding hydrogens is 254 g/mol. The maximum Gasteiger partial charge on any atom is 0.105 e. The quantitative estimate of drug-likeness (QED) is 0.860. The Morgan fingerprint density at radius 3 is 2.89 bits per heavy atom. The molecule has 5 nitrogen and oxygen atoms in total. The highest BCUT2D eigenvalue weighted by molar-refractivity contribution is 6.31. The van der Waals surface area contributed by atoms with Crippen molar-refractivity contribution in [3.8, 4) is 0 Å². The molecule has 1 fully saturated rings. The summed E-state index contributed by atoms with van der Waals surface area (Å²) in [7, 11) is 1.87. The summed E-state index contributed by atoms with van der Waals surface area (Å²) in [5, 5.41) is 18.5. The first-order chi connectivity index (χ1) is 8.44. The molecule has 0 aromatic carbocycles. The van der Waals surface area contributed by atoms with E-state index in [2.05, 4.69) is 10.4 Å². The van der Waals surface area contributed by atoms with E-state index in [4.69, 9.17) is 16.3 Å². The smallest absolute Gasteiger partial charge is 0.105 e. The van der Waals surface area contributed by atoms with Crippen molar-refractivity contribution in [1.82, 2.24) is 15.1 Å². The predicted octanol–water partition coefficient (Wildman–Crippen LogP) is 1.01. The molecule has 0 radical (unpaired) electrons. The van der Waals surface area contributed by atoms with Gasteiger partial charge in [-0.25, -0.2) is 0 Å². The molecule has 18 heavy (non-hydrogen) atoms. The summed E-state index contributed by atoms with van der Waals surface area (Å²) < 4.78 is 7.16. The molecule has 1 saturated heterocycles. The van der Waals surface area contributed by atoms with Gasteiger partial charge in [0.15, 0.2) is 0 Å². The topological polar surface area (TPSA) is 59.3 Å². The average molecular weight is 274 g/mol. The lowest BCUT2D eigenvalue weighted by Gasteiger charge is -2.26. The molecule has 0 bridgehead atoms. The lowest BCUT2D eigenvalue weighted by atomic mass is 9.97. The number of rotatable bonds is 4. The second-order valence-electron chi connectivity index (χ2n) is 4.94. The minimum atomic E-state index is -0.778. The van der Waals surface area contributed by atoms with Crippen molar-refractivity contribution in [3.05, 3.63) is 16.4 Å². The molecule has 0 spiro atoms. The first kappa shape index (κ1) is 13.8. The van der Waals surface area contributed by atoms with E-state index >= 15 is 0 Å². The van der Waals surface area contributed by atoms with Crippen LogP contribution in [0.5, 0.6) is 0 Å². The number of aliphatic hydroxyl groups is 1. The van der Waals surface area contributed by atoms with E-state index in [1.54, 1.807) is 4.68 Å². The largest absolute Gasteiger partial charge is 0.386 e. The minimum Gasteiger partial charge on any atom is -0.386 e. The normalized spacial score (nSPS) is 27.9. The van der Waals surface area contributed by atoms with E-state index in [0.717, 1.165) is 11.4 Å². The van der Waals surface area contributed by atoms with Crippen molar-refractivity contribution in [1.29, 1.82) is 0 Å². The number of ether oxygens (including phenoxy) is 1. The fourth-order valence-electron chi connectivity index (χ4n) is 2.27. The molecule has 6 heteroatoms. The van der Waals surface area contributed by atoms with Crippen LogP contribution in [0.4, 0.5) is 0 Å². The number of nitrogens with zero attached hydrogens (tertiary/aromatic N) is 2. The highest BCUT2D eigenvalue weighted by Crippen LogP contribution is 2.25. The maximum atomic E-state index is 10.3. The van der Waals surface area contributed by atoms with Gasteiger partial charge in [0.2, 0.25) is 0 Å². The molecule has 0 amide bonds. The first-order valence-corrected chi connectivity index (χ1v) is 6.54. The molecular formula is C12H20ClN3O2. The predicted molar refractivity (Wildman–Crippen MR) is 69.6 cm³/mol. The highest BCUT2D eigenvalue weighted by Gasteiger charge is 2.39. The molecule has 102 valence electrons. The number of hydrogen-bond acceptors (Lipinski definition) is 4. The minimum absolute atomic E-state index is 0.131. The van der Waals surface area contributed by atoms with Gasteiger partial charge in [-0.05, 0) is 13.8 Å². The third-order valence-electron chi connectivity index (χ3n) is 3.64. The fraction of sp³-hybridized carbons (Fsp3) is 0.750. The van der Waals surface area contributed by atoms with Crippen molar-refractivity contribution in [3.63, 3.8) is 0 Å². The monoisotopic (exact) mass is 273 g/mol. The second-order valence-corrected chi connectivity index (χ2v) is 5.32. The van der Waals surface area contributed by atoms with E-state index in [1.807, 2.05) is 20.9 Å². The molecule has 1 aromatic rings. The van der Waals surface area contributed by atoms with Crippen LogP contribution in [0.2, 0.25) is 5.02 Å². The summed E-state index contributed by atoms with van der Waals surface area (Å²) in [5.74, 6) is 0. The zero-order valence-electron chi connectivity index (χ0n) is 11.0. The van der Waals surface area contributed by atoms with E-state index in [1.165, 1.54) is 0 Å². The van der Waals surface area contributed by atoms with Gasteiger partial charge in [0.25, 0.3) is 0 Å². The molecule has 2 heterocycles.